The molecule has 0 spiro atoms. The SMILES string of the molecule is Cc1ccc(S(=O)(=O)Nc2cccc(C(=O)NC3CCCCC3)c2)cc1F. The van der Waals surface area contributed by atoms with Crippen LogP contribution < -0.4 is 10.0 Å². The number of amides is 1. The fraction of sp³-hybridized carbons (Fsp3) is 0.350. The minimum Gasteiger partial charge on any atom is -0.349 e. The molecule has 0 aromatic heterocycles. The Hall–Kier alpha value is -2.41. The monoisotopic (exact) mass is 390 g/mol. The van der Waals surface area contributed by atoms with Crippen molar-refractivity contribution < 1.29 is 17.6 Å². The molecule has 2 aromatic carbocycles. The van der Waals surface area contributed by atoms with Crippen LogP contribution in [0.15, 0.2) is 47.4 Å². The van der Waals surface area contributed by atoms with E-state index >= 15 is 0 Å². The number of aryl methyl sites for hydroxylation is 1. The third kappa shape index (κ3) is 4.86. The smallest absolute Gasteiger partial charge is 0.261 e. The van der Waals surface area contributed by atoms with E-state index in [1.807, 2.05) is 0 Å². The molecule has 1 fully saturated rings. The average molecular weight is 390 g/mol. The maximum absolute atomic E-state index is 13.7. The molecule has 1 aliphatic rings. The molecular weight excluding hydrogens is 367 g/mol. The highest BCUT2D eigenvalue weighted by molar-refractivity contribution is 7.92. The lowest BCUT2D eigenvalue weighted by Crippen LogP contribution is -2.36. The number of rotatable bonds is 5. The largest absolute Gasteiger partial charge is 0.349 e. The van der Waals surface area contributed by atoms with Crippen molar-refractivity contribution >= 4 is 21.6 Å². The minimum absolute atomic E-state index is 0.164. The van der Waals surface area contributed by atoms with Crippen LogP contribution in [0.4, 0.5) is 10.1 Å². The van der Waals surface area contributed by atoms with E-state index in [0.29, 0.717) is 11.1 Å². The molecule has 3 rings (SSSR count). The molecule has 0 atom stereocenters. The third-order valence-electron chi connectivity index (χ3n) is 4.77. The lowest BCUT2D eigenvalue weighted by atomic mass is 9.95. The van der Waals surface area contributed by atoms with Crippen LogP contribution in [-0.4, -0.2) is 20.4 Å². The first-order valence-electron chi connectivity index (χ1n) is 9.05. The molecule has 0 radical (unpaired) electrons. The van der Waals surface area contributed by atoms with Crippen molar-refractivity contribution in [3.05, 3.63) is 59.4 Å². The molecule has 144 valence electrons. The zero-order valence-electron chi connectivity index (χ0n) is 15.2. The highest BCUT2D eigenvalue weighted by Crippen LogP contribution is 2.21. The summed E-state index contributed by atoms with van der Waals surface area (Å²) in [5.74, 6) is -0.803. The van der Waals surface area contributed by atoms with E-state index in [4.69, 9.17) is 0 Å². The van der Waals surface area contributed by atoms with Gasteiger partial charge in [-0.1, -0.05) is 31.4 Å². The first kappa shape index (κ1) is 19.4. The molecule has 0 bridgehead atoms. The van der Waals surface area contributed by atoms with Crippen molar-refractivity contribution in [3.8, 4) is 0 Å². The number of nitrogens with one attached hydrogen (secondary N) is 2. The Labute approximate surface area is 159 Å². The molecule has 0 heterocycles. The number of sulfonamides is 1. The van der Waals surface area contributed by atoms with Gasteiger partial charge in [0.2, 0.25) is 0 Å². The van der Waals surface area contributed by atoms with Gasteiger partial charge in [-0.15, -0.1) is 0 Å². The van der Waals surface area contributed by atoms with Crippen molar-refractivity contribution in [2.24, 2.45) is 0 Å². The maximum atomic E-state index is 13.7. The van der Waals surface area contributed by atoms with Crippen molar-refractivity contribution in [2.45, 2.75) is 50.0 Å². The molecule has 1 amide bonds. The van der Waals surface area contributed by atoms with Crippen LogP contribution >= 0.6 is 0 Å². The molecule has 2 aromatic rings. The molecule has 0 saturated heterocycles. The predicted molar refractivity (Wildman–Crippen MR) is 103 cm³/mol. The lowest BCUT2D eigenvalue weighted by Gasteiger charge is -2.22. The Morgan fingerprint density at radius 1 is 1.07 bits per heavy atom. The van der Waals surface area contributed by atoms with Crippen molar-refractivity contribution in [2.75, 3.05) is 4.72 Å². The molecule has 0 unspecified atom stereocenters. The molecule has 27 heavy (non-hydrogen) atoms. The second-order valence-corrected chi connectivity index (χ2v) is 8.59. The molecule has 1 saturated carbocycles. The van der Waals surface area contributed by atoms with Gasteiger partial charge >= 0.3 is 0 Å². The number of hydrogen-bond donors (Lipinski definition) is 2. The van der Waals surface area contributed by atoms with E-state index in [1.54, 1.807) is 25.1 Å². The lowest BCUT2D eigenvalue weighted by molar-refractivity contribution is 0.0927. The second kappa shape index (κ2) is 8.08. The van der Waals surface area contributed by atoms with Crippen LogP contribution in [0.25, 0.3) is 0 Å². The molecular formula is C20H23FN2O3S. The van der Waals surface area contributed by atoms with Gasteiger partial charge in [0.15, 0.2) is 0 Å². The van der Waals surface area contributed by atoms with Gasteiger partial charge in [0.25, 0.3) is 15.9 Å². The second-order valence-electron chi connectivity index (χ2n) is 6.91. The van der Waals surface area contributed by atoms with Gasteiger partial charge in [-0.2, -0.15) is 0 Å². The van der Waals surface area contributed by atoms with E-state index in [9.17, 15) is 17.6 Å². The quantitative estimate of drug-likeness (QED) is 0.810. The number of anilines is 1. The van der Waals surface area contributed by atoms with Gasteiger partial charge in [0.05, 0.1) is 4.90 Å². The molecule has 0 aliphatic heterocycles. The highest BCUT2D eigenvalue weighted by Gasteiger charge is 2.19. The Bertz CT molecular complexity index is 938. The predicted octanol–water partition coefficient (Wildman–Crippen LogP) is 4.00. The molecule has 5 nitrogen and oxygen atoms in total. The number of halogens is 1. The minimum atomic E-state index is -3.94. The first-order chi connectivity index (χ1) is 12.8. The summed E-state index contributed by atoms with van der Waals surface area (Å²) < 4.78 is 41.1. The average Bonchev–Trinajstić information content (AvgIpc) is 2.64. The van der Waals surface area contributed by atoms with Gasteiger partial charge in [-0.25, -0.2) is 12.8 Å². The van der Waals surface area contributed by atoms with Crippen LogP contribution in [0.1, 0.15) is 48.0 Å². The Balaban J connectivity index is 1.74. The van der Waals surface area contributed by atoms with Crippen LogP contribution in [0.3, 0.4) is 0 Å². The third-order valence-corrected chi connectivity index (χ3v) is 6.15. The number of carbonyl (C=O) groups excluding carboxylic acids is 1. The summed E-state index contributed by atoms with van der Waals surface area (Å²) in [6.45, 7) is 1.56. The van der Waals surface area contributed by atoms with E-state index in [2.05, 4.69) is 10.0 Å². The topological polar surface area (TPSA) is 75.3 Å². The Morgan fingerprint density at radius 2 is 1.81 bits per heavy atom. The molecule has 1 aliphatic carbocycles. The molecule has 2 N–H and O–H groups in total. The summed E-state index contributed by atoms with van der Waals surface area (Å²) >= 11 is 0. The fourth-order valence-electron chi connectivity index (χ4n) is 3.19. The van der Waals surface area contributed by atoms with E-state index in [-0.39, 0.29) is 22.5 Å². The van der Waals surface area contributed by atoms with Gasteiger partial charge in [0, 0.05) is 17.3 Å². The van der Waals surface area contributed by atoms with Crippen LogP contribution in [0.5, 0.6) is 0 Å². The van der Waals surface area contributed by atoms with Crippen LogP contribution in [-0.2, 0) is 10.0 Å². The normalized spacial score (nSPS) is 15.3. The number of carbonyl (C=O) groups is 1. The summed E-state index contributed by atoms with van der Waals surface area (Å²) in [4.78, 5) is 12.3. The van der Waals surface area contributed by atoms with E-state index < -0.39 is 15.8 Å². The summed E-state index contributed by atoms with van der Waals surface area (Å²) in [5, 5.41) is 3.00. The van der Waals surface area contributed by atoms with Crippen molar-refractivity contribution in [1.29, 1.82) is 0 Å². The van der Waals surface area contributed by atoms with E-state index in [1.165, 1.54) is 24.6 Å². The first-order valence-corrected chi connectivity index (χ1v) is 10.5. The fourth-order valence-corrected chi connectivity index (χ4v) is 4.26. The standard InChI is InChI=1S/C20H23FN2O3S/c1-14-10-11-18(13-19(14)21)27(25,26)23-17-9-5-6-15(12-17)20(24)22-16-7-3-2-4-8-16/h5-6,9-13,16,23H,2-4,7-8H2,1H3,(H,22,24). The Morgan fingerprint density at radius 3 is 2.52 bits per heavy atom. The summed E-state index contributed by atoms with van der Waals surface area (Å²) in [5.41, 5.74) is 1.01. The van der Waals surface area contributed by atoms with Crippen LogP contribution in [0.2, 0.25) is 0 Å². The van der Waals surface area contributed by atoms with Crippen LogP contribution in [0, 0.1) is 12.7 Å². The van der Waals surface area contributed by atoms with Gasteiger partial charge < -0.3 is 5.32 Å². The van der Waals surface area contributed by atoms with Crippen molar-refractivity contribution in [1.82, 2.24) is 5.32 Å². The molecule has 7 heteroatoms. The zero-order chi connectivity index (χ0) is 19.4. The van der Waals surface area contributed by atoms with Gasteiger partial charge in [-0.05, 0) is 55.7 Å². The van der Waals surface area contributed by atoms with E-state index in [0.717, 1.165) is 31.7 Å². The van der Waals surface area contributed by atoms with Crippen molar-refractivity contribution in [3.63, 3.8) is 0 Å². The summed E-state index contributed by atoms with van der Waals surface area (Å²) in [7, 11) is -3.94. The van der Waals surface area contributed by atoms with Gasteiger partial charge in [-0.3, -0.25) is 9.52 Å². The zero-order valence-corrected chi connectivity index (χ0v) is 16.0. The Kier molecular flexibility index (Phi) is 5.79. The highest BCUT2D eigenvalue weighted by atomic mass is 32.2. The maximum Gasteiger partial charge on any atom is 0.261 e. The summed E-state index contributed by atoms with van der Waals surface area (Å²) in [6.07, 6.45) is 5.35. The number of hydrogen-bond acceptors (Lipinski definition) is 3. The summed E-state index contributed by atoms with van der Waals surface area (Å²) in [6, 6.07) is 10.2. The van der Waals surface area contributed by atoms with Gasteiger partial charge in [0.1, 0.15) is 5.82 Å². The number of benzene rings is 2.